The topological polar surface area (TPSA) is 223 Å². The molecule has 1 unspecified atom stereocenters. The molecule has 1 fully saturated rings. The first kappa shape index (κ1) is 31.4. The third kappa shape index (κ3) is 7.97. The number of carboxylic acids is 1. The average molecular weight is 583 g/mol. The summed E-state index contributed by atoms with van der Waals surface area (Å²) < 4.78 is 10.4. The number of benzene rings is 2. The highest BCUT2D eigenvalue weighted by Crippen LogP contribution is 2.29. The van der Waals surface area contributed by atoms with E-state index >= 15 is 0 Å². The van der Waals surface area contributed by atoms with Gasteiger partial charge in [-0.1, -0.05) is 29.4 Å². The quantitative estimate of drug-likeness (QED) is 0.0923. The summed E-state index contributed by atoms with van der Waals surface area (Å²) in [7, 11) is 1.52. The predicted molar refractivity (Wildman–Crippen MR) is 152 cm³/mol. The predicted octanol–water partition coefficient (Wildman–Crippen LogP) is 1.27. The second-order valence-electron chi connectivity index (χ2n) is 9.43. The Balaban J connectivity index is 0.000000287. The molecule has 0 radical (unpaired) electrons. The molecule has 224 valence electrons. The maximum atomic E-state index is 12.5. The molecule has 8 N–H and O–H groups in total. The highest BCUT2D eigenvalue weighted by molar-refractivity contribution is 6.03. The molecule has 2 heterocycles. The third-order valence-corrected chi connectivity index (χ3v) is 6.57. The van der Waals surface area contributed by atoms with Crippen LogP contribution in [-0.2, 0) is 14.3 Å². The van der Waals surface area contributed by atoms with Gasteiger partial charge < -0.3 is 46.5 Å². The smallest absolute Gasteiger partial charge is 0.329 e. The molecule has 1 aromatic heterocycles. The van der Waals surface area contributed by atoms with Crippen molar-refractivity contribution in [2.45, 2.75) is 31.9 Å². The Kier molecular flexibility index (Phi) is 10.8. The van der Waals surface area contributed by atoms with E-state index in [0.717, 1.165) is 10.9 Å². The fraction of sp³-hybridized carbons (Fsp3) is 0.321. The Bertz CT molecular complexity index is 1440. The van der Waals surface area contributed by atoms with Crippen LogP contribution in [0.4, 0.5) is 0 Å². The van der Waals surface area contributed by atoms with Crippen molar-refractivity contribution in [1.82, 2.24) is 15.2 Å². The van der Waals surface area contributed by atoms with Crippen LogP contribution in [0.3, 0.4) is 0 Å². The van der Waals surface area contributed by atoms with E-state index in [1.807, 2.05) is 24.3 Å². The number of carboxylic acid groups (broad SMARTS) is 1. The number of carbonyl (C=O) groups excluding carboxylic acids is 3. The summed E-state index contributed by atoms with van der Waals surface area (Å²) in [6, 6.07) is 12.9. The molecule has 0 saturated carbocycles. The van der Waals surface area contributed by atoms with Gasteiger partial charge in [-0.2, -0.15) is 0 Å². The number of hydrogen-bond donors (Lipinski definition) is 6. The molecule has 14 heteroatoms. The van der Waals surface area contributed by atoms with Gasteiger partial charge in [-0.3, -0.25) is 14.4 Å². The standard InChI is InChI=1S/C18H24N4O6.C10H10N2O2/c1-11(18(26)22-8-6-14(7-9-22)28-10-15(23)24)20-17(25)13-4-2-12(3-5-13)16(19)21-27;1-14-9-6-4-2-3-5-7(6)12-8(9)10(11)13/h2-5,11,14,27H,6-10H2,1H3,(H2,19,21)(H,20,25)(H,23,24);2-5,12H,1H3,(H2,11,13). The number of para-hydroxylation sites is 1. The number of ether oxygens (including phenoxy) is 2. The fourth-order valence-corrected chi connectivity index (χ4v) is 4.40. The van der Waals surface area contributed by atoms with E-state index in [0.29, 0.717) is 48.5 Å². The number of methoxy groups -OCH3 is 1. The number of nitrogens with one attached hydrogen (secondary N) is 2. The zero-order chi connectivity index (χ0) is 30.8. The lowest BCUT2D eigenvalue weighted by atomic mass is 10.1. The van der Waals surface area contributed by atoms with E-state index in [-0.39, 0.29) is 24.5 Å². The van der Waals surface area contributed by atoms with Crippen molar-refractivity contribution in [2.24, 2.45) is 16.6 Å². The molecule has 0 bridgehead atoms. The highest BCUT2D eigenvalue weighted by Gasteiger charge is 2.27. The molecule has 14 nitrogen and oxygen atoms in total. The number of fused-ring (bicyclic) bond motifs is 1. The molecule has 1 aliphatic heterocycles. The van der Waals surface area contributed by atoms with Crippen LogP contribution in [0.25, 0.3) is 10.9 Å². The SMILES string of the molecule is CC(NC(=O)c1ccc(/C(N)=N/O)cc1)C(=O)N1CCC(OCC(=O)O)CC1.COc1c(C(N)=O)[nH]c2ccccc12. The van der Waals surface area contributed by atoms with Gasteiger partial charge in [0.15, 0.2) is 11.6 Å². The van der Waals surface area contributed by atoms with Gasteiger partial charge in [0.25, 0.3) is 11.8 Å². The average Bonchev–Trinajstić information content (AvgIpc) is 3.39. The second-order valence-corrected chi connectivity index (χ2v) is 9.43. The van der Waals surface area contributed by atoms with Crippen molar-refractivity contribution in [2.75, 3.05) is 26.8 Å². The van der Waals surface area contributed by atoms with E-state index in [2.05, 4.69) is 15.5 Å². The number of primary amides is 1. The number of amides is 3. The molecule has 2 aromatic carbocycles. The normalized spacial score (nSPS) is 14.4. The van der Waals surface area contributed by atoms with Crippen molar-refractivity contribution in [1.29, 1.82) is 0 Å². The number of amidine groups is 1. The van der Waals surface area contributed by atoms with Crippen LogP contribution in [0.15, 0.2) is 53.7 Å². The molecule has 0 aliphatic carbocycles. The summed E-state index contributed by atoms with van der Waals surface area (Å²) >= 11 is 0. The maximum absolute atomic E-state index is 12.5. The van der Waals surface area contributed by atoms with Crippen LogP contribution in [0.2, 0.25) is 0 Å². The number of nitrogens with two attached hydrogens (primary N) is 2. The fourth-order valence-electron chi connectivity index (χ4n) is 4.40. The van der Waals surface area contributed by atoms with E-state index in [1.165, 1.54) is 19.2 Å². The Hall–Kier alpha value is -5.11. The number of nitrogens with zero attached hydrogens (tertiary/aromatic N) is 2. The molecule has 3 amide bonds. The monoisotopic (exact) mass is 582 g/mol. The number of aliphatic carboxylic acids is 1. The zero-order valence-electron chi connectivity index (χ0n) is 23.2. The van der Waals surface area contributed by atoms with Crippen LogP contribution in [-0.4, -0.2) is 88.7 Å². The molecule has 1 saturated heterocycles. The number of aromatic amines is 1. The molecule has 3 aromatic rings. The number of oxime groups is 1. The van der Waals surface area contributed by atoms with Gasteiger partial charge in [0.2, 0.25) is 5.91 Å². The summed E-state index contributed by atoms with van der Waals surface area (Å²) in [5.74, 6) is -1.71. The summed E-state index contributed by atoms with van der Waals surface area (Å²) in [5.41, 5.74) is 12.7. The van der Waals surface area contributed by atoms with E-state index in [4.69, 9.17) is 31.3 Å². The molecular weight excluding hydrogens is 548 g/mol. The number of likely N-dealkylation sites (tertiary alicyclic amines) is 1. The van der Waals surface area contributed by atoms with Crippen molar-refractivity contribution in [3.05, 3.63) is 65.4 Å². The number of carbonyl (C=O) groups is 4. The highest BCUT2D eigenvalue weighted by atomic mass is 16.5. The number of H-pyrrole nitrogens is 1. The lowest BCUT2D eigenvalue weighted by molar-refractivity contribution is -0.147. The van der Waals surface area contributed by atoms with Crippen LogP contribution in [0, 0.1) is 0 Å². The minimum Gasteiger partial charge on any atom is -0.494 e. The third-order valence-electron chi connectivity index (χ3n) is 6.57. The summed E-state index contributed by atoms with van der Waals surface area (Å²) in [6.07, 6.45) is 0.919. The molecule has 1 atom stereocenters. The van der Waals surface area contributed by atoms with Crippen molar-refractivity contribution < 1.29 is 39.0 Å². The van der Waals surface area contributed by atoms with E-state index < -0.39 is 23.8 Å². The Morgan fingerprint density at radius 1 is 1.07 bits per heavy atom. The maximum Gasteiger partial charge on any atom is 0.329 e. The first-order valence-electron chi connectivity index (χ1n) is 13.0. The molecule has 42 heavy (non-hydrogen) atoms. The number of piperidine rings is 1. The lowest BCUT2D eigenvalue weighted by Gasteiger charge is -2.33. The van der Waals surface area contributed by atoms with Crippen LogP contribution >= 0.6 is 0 Å². The largest absolute Gasteiger partial charge is 0.494 e. The molecule has 1 aliphatic rings. The van der Waals surface area contributed by atoms with Gasteiger partial charge >= 0.3 is 5.97 Å². The summed E-state index contributed by atoms with van der Waals surface area (Å²) in [5, 5.41) is 23.7. The van der Waals surface area contributed by atoms with Gasteiger partial charge in [-0.15, -0.1) is 0 Å². The van der Waals surface area contributed by atoms with Gasteiger partial charge in [-0.25, -0.2) is 4.79 Å². The van der Waals surface area contributed by atoms with Crippen LogP contribution < -0.4 is 21.5 Å². The van der Waals surface area contributed by atoms with Gasteiger partial charge in [-0.05, 0) is 44.0 Å². The van der Waals surface area contributed by atoms with Gasteiger partial charge in [0, 0.05) is 35.1 Å². The number of rotatable bonds is 9. The van der Waals surface area contributed by atoms with Crippen molar-refractivity contribution in [3.63, 3.8) is 0 Å². The van der Waals surface area contributed by atoms with E-state index in [1.54, 1.807) is 24.0 Å². The Labute approximate surface area is 241 Å². The minimum absolute atomic E-state index is 0.0637. The van der Waals surface area contributed by atoms with Crippen molar-refractivity contribution in [3.8, 4) is 5.75 Å². The summed E-state index contributed by atoms with van der Waals surface area (Å²) in [4.78, 5) is 51.0. The molecule has 4 rings (SSSR count). The Morgan fingerprint density at radius 2 is 1.69 bits per heavy atom. The Morgan fingerprint density at radius 3 is 2.26 bits per heavy atom. The number of aromatic nitrogens is 1. The van der Waals surface area contributed by atoms with E-state index in [9.17, 15) is 19.2 Å². The first-order valence-corrected chi connectivity index (χ1v) is 13.0. The molecule has 0 spiro atoms. The first-order chi connectivity index (χ1) is 20.0. The number of hydrogen-bond acceptors (Lipinski definition) is 8. The second kappa shape index (κ2) is 14.5. The van der Waals surface area contributed by atoms with Gasteiger partial charge in [0.05, 0.1) is 13.2 Å². The minimum atomic E-state index is -1.02. The lowest BCUT2D eigenvalue weighted by Crippen LogP contribution is -2.50. The van der Waals surface area contributed by atoms with Crippen LogP contribution in [0.1, 0.15) is 46.2 Å². The van der Waals surface area contributed by atoms with Gasteiger partial charge in [0.1, 0.15) is 18.3 Å². The van der Waals surface area contributed by atoms with Crippen LogP contribution in [0.5, 0.6) is 5.75 Å². The van der Waals surface area contributed by atoms with Crippen molar-refractivity contribution >= 4 is 40.4 Å². The summed E-state index contributed by atoms with van der Waals surface area (Å²) in [6.45, 7) is 2.15. The molecular formula is C28H34N6O8. The zero-order valence-corrected chi connectivity index (χ0v) is 23.2.